The fourth-order valence-electron chi connectivity index (χ4n) is 2.47. The van der Waals surface area contributed by atoms with Crippen LogP contribution in [0.2, 0.25) is 0 Å². The van der Waals surface area contributed by atoms with E-state index in [4.69, 9.17) is 5.11 Å². The highest BCUT2D eigenvalue weighted by atomic mass is 32.2. The number of benzene rings is 1. The van der Waals surface area contributed by atoms with E-state index < -0.39 is 21.9 Å². The first-order chi connectivity index (χ1) is 10.3. The number of aliphatic carboxylic acids is 1. The molecule has 0 heterocycles. The van der Waals surface area contributed by atoms with E-state index in [1.807, 2.05) is 26.0 Å². The lowest BCUT2D eigenvalue weighted by atomic mass is 9.98. The minimum absolute atomic E-state index is 0.0831. The van der Waals surface area contributed by atoms with E-state index in [1.54, 1.807) is 12.1 Å². The molecule has 1 aromatic rings. The first kappa shape index (κ1) is 17.0. The van der Waals surface area contributed by atoms with Gasteiger partial charge in [0.15, 0.2) is 0 Å². The summed E-state index contributed by atoms with van der Waals surface area (Å²) in [5.41, 5.74) is 1.17. The van der Waals surface area contributed by atoms with Crippen molar-refractivity contribution in [3.8, 4) is 0 Å². The highest BCUT2D eigenvalue weighted by Crippen LogP contribution is 2.40. The van der Waals surface area contributed by atoms with Crippen molar-refractivity contribution in [1.29, 1.82) is 0 Å². The lowest BCUT2D eigenvalue weighted by molar-refractivity contribution is -0.142. The lowest BCUT2D eigenvalue weighted by Crippen LogP contribution is -2.33. The maximum absolute atomic E-state index is 12.2. The van der Waals surface area contributed by atoms with Gasteiger partial charge in [0.25, 0.3) is 0 Å². The number of hydrogen-bond acceptors (Lipinski definition) is 3. The van der Waals surface area contributed by atoms with Crippen LogP contribution in [0.5, 0.6) is 0 Å². The number of hydrogen-bond donors (Lipinski definition) is 2. The Hall–Kier alpha value is -1.40. The molecule has 1 aliphatic rings. The van der Waals surface area contributed by atoms with Gasteiger partial charge in [-0.2, -0.15) is 0 Å². The average Bonchev–Trinajstić information content (AvgIpc) is 3.27. The lowest BCUT2D eigenvalue weighted by Gasteiger charge is -2.15. The normalized spacial score (nSPS) is 16.7. The van der Waals surface area contributed by atoms with Crippen molar-refractivity contribution in [3.63, 3.8) is 0 Å². The fourth-order valence-corrected chi connectivity index (χ4v) is 3.55. The van der Waals surface area contributed by atoms with E-state index in [0.717, 1.165) is 0 Å². The molecule has 0 bridgehead atoms. The Morgan fingerprint density at radius 3 is 2.32 bits per heavy atom. The largest absolute Gasteiger partial charge is 0.481 e. The van der Waals surface area contributed by atoms with Crippen LogP contribution < -0.4 is 4.72 Å². The Kier molecular flexibility index (Phi) is 5.24. The molecule has 6 heteroatoms. The van der Waals surface area contributed by atoms with Crippen LogP contribution in [0.15, 0.2) is 29.2 Å². The third-order valence-electron chi connectivity index (χ3n) is 3.86. The van der Waals surface area contributed by atoms with Gasteiger partial charge in [-0.15, -0.1) is 0 Å². The van der Waals surface area contributed by atoms with Crippen LogP contribution in [0.1, 0.15) is 44.6 Å². The Morgan fingerprint density at radius 1 is 1.27 bits per heavy atom. The summed E-state index contributed by atoms with van der Waals surface area (Å²) in [6.07, 6.45) is 2.78. The number of nitrogens with one attached hydrogen (secondary N) is 1. The molecule has 0 aliphatic heterocycles. The first-order valence-corrected chi connectivity index (χ1v) is 9.10. The molecule has 5 nitrogen and oxygen atoms in total. The van der Waals surface area contributed by atoms with Gasteiger partial charge in [0.05, 0.1) is 10.8 Å². The zero-order chi connectivity index (χ0) is 16.3. The maximum atomic E-state index is 12.2. The van der Waals surface area contributed by atoms with Gasteiger partial charge < -0.3 is 5.11 Å². The van der Waals surface area contributed by atoms with Crippen molar-refractivity contribution in [1.82, 2.24) is 4.72 Å². The summed E-state index contributed by atoms with van der Waals surface area (Å²) >= 11 is 0. The Labute approximate surface area is 131 Å². The monoisotopic (exact) mass is 325 g/mol. The Morgan fingerprint density at radius 2 is 1.86 bits per heavy atom. The summed E-state index contributed by atoms with van der Waals surface area (Å²) in [6.45, 7) is 3.75. The smallest absolute Gasteiger partial charge is 0.307 e. The summed E-state index contributed by atoms with van der Waals surface area (Å²) in [6, 6.07) is 6.87. The topological polar surface area (TPSA) is 83.5 Å². The highest BCUT2D eigenvalue weighted by Gasteiger charge is 2.25. The number of carboxylic acid groups (broad SMARTS) is 1. The van der Waals surface area contributed by atoms with Gasteiger partial charge in [0.1, 0.15) is 0 Å². The molecule has 1 aromatic carbocycles. The SMILES string of the molecule is CC(C)CC(CNS(=O)(=O)c1ccc(C2CC2)cc1)C(=O)O. The van der Waals surface area contributed by atoms with Crippen molar-refractivity contribution in [2.24, 2.45) is 11.8 Å². The van der Waals surface area contributed by atoms with Crippen LogP contribution in [0.3, 0.4) is 0 Å². The predicted molar refractivity (Wildman–Crippen MR) is 84.2 cm³/mol. The van der Waals surface area contributed by atoms with Gasteiger partial charge in [0, 0.05) is 6.54 Å². The van der Waals surface area contributed by atoms with Crippen LogP contribution in [0.25, 0.3) is 0 Å². The fraction of sp³-hybridized carbons (Fsp3) is 0.562. The number of carbonyl (C=O) groups is 1. The van der Waals surface area contributed by atoms with Crippen LogP contribution in [-0.2, 0) is 14.8 Å². The minimum Gasteiger partial charge on any atom is -0.481 e. The van der Waals surface area contributed by atoms with Gasteiger partial charge >= 0.3 is 5.97 Å². The Balaban J connectivity index is 2.01. The van der Waals surface area contributed by atoms with E-state index in [-0.39, 0.29) is 17.4 Å². The summed E-state index contributed by atoms with van der Waals surface area (Å²) in [5, 5.41) is 9.16. The molecule has 1 atom stereocenters. The molecule has 122 valence electrons. The molecular formula is C16H23NO4S. The molecule has 22 heavy (non-hydrogen) atoms. The third kappa shape index (κ3) is 4.55. The second kappa shape index (κ2) is 6.79. The predicted octanol–water partition coefficient (Wildman–Crippen LogP) is 2.59. The summed E-state index contributed by atoms with van der Waals surface area (Å²) in [4.78, 5) is 11.4. The molecular weight excluding hydrogens is 302 g/mol. The second-order valence-electron chi connectivity index (χ2n) is 6.36. The first-order valence-electron chi connectivity index (χ1n) is 7.62. The van der Waals surface area contributed by atoms with E-state index in [1.165, 1.54) is 18.4 Å². The van der Waals surface area contributed by atoms with Gasteiger partial charge in [0.2, 0.25) is 10.0 Å². The molecule has 0 saturated heterocycles. The minimum atomic E-state index is -3.66. The molecule has 0 amide bonds. The van der Waals surface area contributed by atoms with Gasteiger partial charge in [-0.05, 0) is 48.8 Å². The van der Waals surface area contributed by atoms with Gasteiger partial charge in [-0.25, -0.2) is 13.1 Å². The van der Waals surface area contributed by atoms with Crippen molar-refractivity contribution >= 4 is 16.0 Å². The molecule has 2 N–H and O–H groups in total. The van der Waals surface area contributed by atoms with E-state index in [2.05, 4.69) is 4.72 Å². The molecule has 1 fully saturated rings. The third-order valence-corrected chi connectivity index (χ3v) is 5.30. The summed E-state index contributed by atoms with van der Waals surface area (Å²) in [7, 11) is -3.66. The van der Waals surface area contributed by atoms with Gasteiger partial charge in [-0.1, -0.05) is 26.0 Å². The molecule has 1 unspecified atom stereocenters. The average molecular weight is 325 g/mol. The van der Waals surface area contributed by atoms with Crippen LogP contribution in [-0.4, -0.2) is 26.0 Å². The van der Waals surface area contributed by atoms with Crippen molar-refractivity contribution in [3.05, 3.63) is 29.8 Å². The molecule has 0 aromatic heterocycles. The quantitative estimate of drug-likeness (QED) is 0.769. The highest BCUT2D eigenvalue weighted by molar-refractivity contribution is 7.89. The van der Waals surface area contributed by atoms with Crippen molar-refractivity contribution in [2.75, 3.05) is 6.54 Å². The zero-order valence-electron chi connectivity index (χ0n) is 13.0. The maximum Gasteiger partial charge on any atom is 0.307 e. The van der Waals surface area contributed by atoms with E-state index in [9.17, 15) is 13.2 Å². The van der Waals surface area contributed by atoms with Gasteiger partial charge in [-0.3, -0.25) is 4.79 Å². The van der Waals surface area contributed by atoms with Crippen LogP contribution in [0, 0.1) is 11.8 Å². The number of carboxylic acids is 1. The van der Waals surface area contributed by atoms with Crippen LogP contribution in [0.4, 0.5) is 0 Å². The van der Waals surface area contributed by atoms with E-state index in [0.29, 0.717) is 12.3 Å². The standard InChI is InChI=1S/C16H23NO4S/c1-11(2)9-14(16(18)19)10-17-22(20,21)15-7-5-13(6-8-15)12-3-4-12/h5-8,11-12,14,17H,3-4,9-10H2,1-2H3,(H,18,19). The molecule has 1 aliphatic carbocycles. The summed E-state index contributed by atoms with van der Waals surface area (Å²) < 4.78 is 26.9. The number of sulfonamides is 1. The summed E-state index contributed by atoms with van der Waals surface area (Å²) in [5.74, 6) is -0.906. The zero-order valence-corrected chi connectivity index (χ0v) is 13.8. The van der Waals surface area contributed by atoms with Crippen LogP contribution >= 0.6 is 0 Å². The van der Waals surface area contributed by atoms with E-state index >= 15 is 0 Å². The molecule has 0 radical (unpaired) electrons. The molecule has 0 spiro atoms. The van der Waals surface area contributed by atoms with Crippen molar-refractivity contribution < 1.29 is 18.3 Å². The number of rotatable bonds is 8. The Bertz CT molecular complexity index is 618. The second-order valence-corrected chi connectivity index (χ2v) is 8.13. The van der Waals surface area contributed by atoms with Crippen molar-refractivity contribution in [2.45, 2.75) is 43.9 Å². The molecule has 2 rings (SSSR count). The molecule has 1 saturated carbocycles.